The van der Waals surface area contributed by atoms with Gasteiger partial charge in [0, 0.05) is 19.6 Å². The first-order valence-corrected chi connectivity index (χ1v) is 8.23. The molecular formula is C18H25FN2O4. The lowest BCUT2D eigenvalue weighted by molar-refractivity contribution is -0.144. The van der Waals surface area contributed by atoms with E-state index in [9.17, 15) is 19.1 Å². The Bertz CT molecular complexity index is 672. The number of alkyl carbamates (subject to hydrolysis) is 1. The fourth-order valence-corrected chi connectivity index (χ4v) is 2.93. The van der Waals surface area contributed by atoms with E-state index in [2.05, 4.69) is 5.32 Å². The summed E-state index contributed by atoms with van der Waals surface area (Å²) in [5, 5.41) is 12.2. The number of aliphatic carboxylic acids is 1. The number of nitrogens with one attached hydrogen (secondary N) is 1. The molecule has 1 unspecified atom stereocenters. The zero-order valence-electron chi connectivity index (χ0n) is 15.1. The van der Waals surface area contributed by atoms with E-state index >= 15 is 0 Å². The first kappa shape index (κ1) is 19.2. The van der Waals surface area contributed by atoms with Crippen molar-refractivity contribution >= 4 is 12.1 Å². The number of carbonyl (C=O) groups excluding carboxylic acids is 1. The van der Waals surface area contributed by atoms with Crippen LogP contribution >= 0.6 is 0 Å². The third kappa shape index (κ3) is 4.92. The van der Waals surface area contributed by atoms with Gasteiger partial charge in [0.25, 0.3) is 0 Å². The molecule has 1 aromatic rings. The van der Waals surface area contributed by atoms with E-state index < -0.39 is 23.2 Å². The second kappa shape index (κ2) is 7.00. The van der Waals surface area contributed by atoms with E-state index in [0.29, 0.717) is 13.1 Å². The van der Waals surface area contributed by atoms with Crippen LogP contribution in [0.5, 0.6) is 0 Å². The smallest absolute Gasteiger partial charge is 0.408 e. The molecule has 138 valence electrons. The number of carbonyl (C=O) groups is 2. The number of hydrogen-bond acceptors (Lipinski definition) is 4. The van der Waals surface area contributed by atoms with Gasteiger partial charge in [-0.1, -0.05) is 6.07 Å². The maximum Gasteiger partial charge on any atom is 0.408 e. The van der Waals surface area contributed by atoms with Crippen molar-refractivity contribution in [3.63, 3.8) is 0 Å². The SMILES string of the molecule is Cc1cc(F)ccc1CN1CCC(NC(=O)OC(C)(C)C)(C(=O)O)C1. The first-order valence-electron chi connectivity index (χ1n) is 8.23. The fourth-order valence-electron chi connectivity index (χ4n) is 2.93. The van der Waals surface area contributed by atoms with Crippen LogP contribution in [-0.4, -0.2) is 46.3 Å². The summed E-state index contributed by atoms with van der Waals surface area (Å²) in [4.78, 5) is 25.7. The fraction of sp³-hybridized carbons (Fsp3) is 0.556. The van der Waals surface area contributed by atoms with Crippen molar-refractivity contribution in [1.29, 1.82) is 0 Å². The molecule has 1 amide bonds. The van der Waals surface area contributed by atoms with Gasteiger partial charge in [0.15, 0.2) is 5.54 Å². The molecule has 2 N–H and O–H groups in total. The number of benzene rings is 1. The van der Waals surface area contributed by atoms with E-state index in [-0.39, 0.29) is 18.8 Å². The maximum atomic E-state index is 13.2. The lowest BCUT2D eigenvalue weighted by Gasteiger charge is -2.28. The molecule has 0 spiro atoms. The molecule has 0 bridgehead atoms. The summed E-state index contributed by atoms with van der Waals surface area (Å²) in [5.41, 5.74) is -0.336. The van der Waals surface area contributed by atoms with Gasteiger partial charge in [-0.25, -0.2) is 14.0 Å². The Labute approximate surface area is 147 Å². The molecule has 0 saturated carbocycles. The molecule has 1 aromatic carbocycles. The highest BCUT2D eigenvalue weighted by atomic mass is 19.1. The number of amides is 1. The van der Waals surface area contributed by atoms with E-state index in [1.807, 2.05) is 11.8 Å². The molecule has 6 nitrogen and oxygen atoms in total. The average molecular weight is 352 g/mol. The number of carboxylic acid groups (broad SMARTS) is 1. The summed E-state index contributed by atoms with van der Waals surface area (Å²) in [6, 6.07) is 4.54. The largest absolute Gasteiger partial charge is 0.479 e. The second-order valence-corrected chi connectivity index (χ2v) is 7.55. The van der Waals surface area contributed by atoms with Gasteiger partial charge in [0.2, 0.25) is 0 Å². The Balaban J connectivity index is 2.07. The normalized spacial score (nSPS) is 21.2. The number of likely N-dealkylation sites (tertiary alicyclic amines) is 1. The first-order chi connectivity index (χ1) is 11.5. The summed E-state index contributed by atoms with van der Waals surface area (Å²) < 4.78 is 18.4. The van der Waals surface area contributed by atoms with Gasteiger partial charge in [0.05, 0.1) is 0 Å². The molecular weight excluding hydrogens is 327 g/mol. The molecule has 25 heavy (non-hydrogen) atoms. The van der Waals surface area contributed by atoms with Crippen molar-refractivity contribution < 1.29 is 23.8 Å². The average Bonchev–Trinajstić information content (AvgIpc) is 2.84. The molecule has 0 aromatic heterocycles. The lowest BCUT2D eigenvalue weighted by Crippen LogP contribution is -2.57. The summed E-state index contributed by atoms with van der Waals surface area (Å²) in [6.45, 7) is 8.15. The number of halogens is 1. The predicted molar refractivity (Wildman–Crippen MR) is 90.8 cm³/mol. The third-order valence-electron chi connectivity index (χ3n) is 4.20. The Kier molecular flexibility index (Phi) is 5.37. The van der Waals surface area contributed by atoms with Gasteiger partial charge in [0.1, 0.15) is 11.4 Å². The molecule has 1 fully saturated rings. The van der Waals surface area contributed by atoms with Gasteiger partial charge < -0.3 is 15.2 Å². The molecule has 1 aliphatic heterocycles. The van der Waals surface area contributed by atoms with Crippen LogP contribution in [0.15, 0.2) is 18.2 Å². The van der Waals surface area contributed by atoms with Crippen LogP contribution in [0.1, 0.15) is 38.3 Å². The molecule has 1 atom stereocenters. The van der Waals surface area contributed by atoms with E-state index in [1.165, 1.54) is 12.1 Å². The summed E-state index contributed by atoms with van der Waals surface area (Å²) in [7, 11) is 0. The van der Waals surface area contributed by atoms with E-state index in [0.717, 1.165) is 11.1 Å². The number of aryl methyl sites for hydroxylation is 1. The summed E-state index contributed by atoms with van der Waals surface area (Å²) >= 11 is 0. The van der Waals surface area contributed by atoms with Crippen LogP contribution < -0.4 is 5.32 Å². The van der Waals surface area contributed by atoms with Gasteiger partial charge in [-0.3, -0.25) is 4.90 Å². The number of rotatable bonds is 4. The second-order valence-electron chi connectivity index (χ2n) is 7.55. The van der Waals surface area contributed by atoms with Gasteiger partial charge >= 0.3 is 12.1 Å². The Morgan fingerprint density at radius 3 is 2.64 bits per heavy atom. The van der Waals surface area contributed by atoms with Gasteiger partial charge in [-0.15, -0.1) is 0 Å². The van der Waals surface area contributed by atoms with Crippen molar-refractivity contribution in [2.45, 2.75) is 51.8 Å². The molecule has 2 rings (SSSR count). The van der Waals surface area contributed by atoms with Crippen molar-refractivity contribution in [1.82, 2.24) is 10.2 Å². The highest BCUT2D eigenvalue weighted by Crippen LogP contribution is 2.25. The van der Waals surface area contributed by atoms with Crippen molar-refractivity contribution in [3.05, 3.63) is 35.1 Å². The minimum Gasteiger partial charge on any atom is -0.479 e. The number of nitrogens with zero attached hydrogens (tertiary/aromatic N) is 1. The van der Waals surface area contributed by atoms with E-state index in [1.54, 1.807) is 26.8 Å². The Morgan fingerprint density at radius 1 is 1.40 bits per heavy atom. The number of hydrogen-bond donors (Lipinski definition) is 2. The van der Waals surface area contributed by atoms with Crippen LogP contribution in [0, 0.1) is 12.7 Å². The summed E-state index contributed by atoms with van der Waals surface area (Å²) in [6.07, 6.45) is -0.461. The number of carboxylic acids is 1. The lowest BCUT2D eigenvalue weighted by atomic mass is 9.99. The van der Waals surface area contributed by atoms with Gasteiger partial charge in [-0.05, 0) is 57.4 Å². The molecule has 1 heterocycles. The Morgan fingerprint density at radius 2 is 2.08 bits per heavy atom. The predicted octanol–water partition coefficient (Wildman–Crippen LogP) is 2.69. The standard InChI is InChI=1S/C18H25FN2O4/c1-12-9-14(19)6-5-13(12)10-21-8-7-18(11-21,15(22)23)20-16(24)25-17(2,3)4/h5-6,9H,7-8,10-11H2,1-4H3,(H,20,24)(H,22,23). The topological polar surface area (TPSA) is 78.9 Å². The van der Waals surface area contributed by atoms with E-state index in [4.69, 9.17) is 4.74 Å². The third-order valence-corrected chi connectivity index (χ3v) is 4.20. The quantitative estimate of drug-likeness (QED) is 0.871. The summed E-state index contributed by atoms with van der Waals surface area (Å²) in [5.74, 6) is -1.38. The molecule has 1 saturated heterocycles. The van der Waals surface area contributed by atoms with Crippen LogP contribution in [-0.2, 0) is 16.1 Å². The zero-order chi connectivity index (χ0) is 18.8. The molecule has 1 aliphatic rings. The molecule has 7 heteroatoms. The van der Waals surface area contributed by atoms with Crippen molar-refractivity contribution in [2.75, 3.05) is 13.1 Å². The number of ether oxygens (including phenoxy) is 1. The maximum absolute atomic E-state index is 13.2. The monoisotopic (exact) mass is 352 g/mol. The van der Waals surface area contributed by atoms with Crippen LogP contribution in [0.25, 0.3) is 0 Å². The van der Waals surface area contributed by atoms with Gasteiger partial charge in [-0.2, -0.15) is 0 Å². The minimum atomic E-state index is -1.38. The molecule has 0 radical (unpaired) electrons. The molecule has 0 aliphatic carbocycles. The van der Waals surface area contributed by atoms with Crippen LogP contribution in [0.3, 0.4) is 0 Å². The van der Waals surface area contributed by atoms with Crippen LogP contribution in [0.4, 0.5) is 9.18 Å². The highest BCUT2D eigenvalue weighted by molar-refractivity contribution is 5.85. The Hall–Kier alpha value is -2.15. The minimum absolute atomic E-state index is 0.165. The van der Waals surface area contributed by atoms with Crippen LogP contribution in [0.2, 0.25) is 0 Å². The highest BCUT2D eigenvalue weighted by Gasteiger charge is 2.46. The zero-order valence-corrected chi connectivity index (χ0v) is 15.1. The van der Waals surface area contributed by atoms with Crippen molar-refractivity contribution in [2.24, 2.45) is 0 Å². The van der Waals surface area contributed by atoms with Crippen molar-refractivity contribution in [3.8, 4) is 0 Å².